The highest BCUT2D eigenvalue weighted by molar-refractivity contribution is 5.94. The van der Waals surface area contributed by atoms with Crippen molar-refractivity contribution in [2.45, 2.75) is 13.5 Å². The zero-order valence-electron chi connectivity index (χ0n) is 16.7. The first-order valence-corrected chi connectivity index (χ1v) is 9.80. The van der Waals surface area contributed by atoms with Crippen LogP contribution in [0.25, 0.3) is 11.1 Å². The van der Waals surface area contributed by atoms with E-state index in [0.717, 1.165) is 16.7 Å². The molecular formula is C26H22N2O2. The average Bonchev–Trinajstić information content (AvgIpc) is 2.79. The number of carbonyl (C=O) groups excluding carboxylic acids is 1. The van der Waals surface area contributed by atoms with E-state index in [0.29, 0.717) is 23.7 Å². The summed E-state index contributed by atoms with van der Waals surface area (Å²) in [6.45, 7) is 2.48. The van der Waals surface area contributed by atoms with Gasteiger partial charge in [-0.2, -0.15) is 0 Å². The van der Waals surface area contributed by atoms with Crippen molar-refractivity contribution in [3.05, 3.63) is 114 Å². The number of amides is 1. The minimum absolute atomic E-state index is 0.110. The van der Waals surface area contributed by atoms with Crippen LogP contribution in [0.2, 0.25) is 0 Å². The van der Waals surface area contributed by atoms with Crippen LogP contribution in [0.4, 0.5) is 0 Å². The molecule has 3 aromatic carbocycles. The van der Waals surface area contributed by atoms with Crippen molar-refractivity contribution in [2.24, 2.45) is 0 Å². The average molecular weight is 394 g/mol. The Hall–Kier alpha value is -3.92. The first-order chi connectivity index (χ1) is 14.7. The lowest BCUT2D eigenvalue weighted by Gasteiger charge is -2.09. The summed E-state index contributed by atoms with van der Waals surface area (Å²) in [6.07, 6.45) is 1.68. The van der Waals surface area contributed by atoms with E-state index in [9.17, 15) is 4.79 Å². The summed E-state index contributed by atoms with van der Waals surface area (Å²) < 4.78 is 5.75. The molecule has 4 heteroatoms. The van der Waals surface area contributed by atoms with Crippen LogP contribution in [-0.4, -0.2) is 10.9 Å². The van der Waals surface area contributed by atoms with Crippen molar-refractivity contribution < 1.29 is 9.53 Å². The van der Waals surface area contributed by atoms with Gasteiger partial charge in [-0.05, 0) is 53.9 Å². The summed E-state index contributed by atoms with van der Waals surface area (Å²) in [7, 11) is 0. The Bertz CT molecular complexity index is 1120. The SMILES string of the molecule is Cc1ccc(-c2ccc(C(=O)NCc3cccc(Oc4ccccn4)c3)cc2)cc1. The number of aromatic nitrogens is 1. The molecule has 0 aliphatic carbocycles. The predicted molar refractivity (Wildman–Crippen MR) is 119 cm³/mol. The van der Waals surface area contributed by atoms with Gasteiger partial charge in [-0.3, -0.25) is 4.79 Å². The normalized spacial score (nSPS) is 10.4. The lowest BCUT2D eigenvalue weighted by molar-refractivity contribution is 0.0951. The number of ether oxygens (including phenoxy) is 1. The molecule has 0 aliphatic rings. The number of aryl methyl sites for hydroxylation is 1. The van der Waals surface area contributed by atoms with E-state index in [1.165, 1.54) is 5.56 Å². The van der Waals surface area contributed by atoms with E-state index in [2.05, 4.69) is 41.5 Å². The number of nitrogens with one attached hydrogen (secondary N) is 1. The highest BCUT2D eigenvalue weighted by Crippen LogP contribution is 2.21. The topological polar surface area (TPSA) is 51.2 Å². The van der Waals surface area contributed by atoms with Gasteiger partial charge in [0.1, 0.15) is 5.75 Å². The second-order valence-electron chi connectivity index (χ2n) is 7.04. The van der Waals surface area contributed by atoms with E-state index in [1.807, 2.05) is 60.7 Å². The molecule has 148 valence electrons. The smallest absolute Gasteiger partial charge is 0.251 e. The quantitative estimate of drug-likeness (QED) is 0.451. The number of pyridine rings is 1. The van der Waals surface area contributed by atoms with Crippen LogP contribution in [0.1, 0.15) is 21.5 Å². The van der Waals surface area contributed by atoms with Gasteiger partial charge in [0.2, 0.25) is 5.88 Å². The van der Waals surface area contributed by atoms with Crippen LogP contribution in [0.15, 0.2) is 97.2 Å². The summed E-state index contributed by atoms with van der Waals surface area (Å²) in [5.74, 6) is 1.11. The summed E-state index contributed by atoms with van der Waals surface area (Å²) in [6, 6.07) is 29.1. The van der Waals surface area contributed by atoms with Crippen LogP contribution >= 0.6 is 0 Å². The van der Waals surface area contributed by atoms with Crippen LogP contribution in [0.5, 0.6) is 11.6 Å². The molecule has 1 amide bonds. The van der Waals surface area contributed by atoms with Gasteiger partial charge in [0.15, 0.2) is 0 Å². The molecule has 0 radical (unpaired) electrons. The highest BCUT2D eigenvalue weighted by Gasteiger charge is 2.07. The standard InChI is InChI=1S/C26H22N2O2/c1-19-8-10-21(11-9-19)22-12-14-23(15-13-22)26(29)28-18-20-5-4-6-24(17-20)30-25-7-2-3-16-27-25/h2-17H,18H2,1H3,(H,28,29). The Morgan fingerprint density at radius 2 is 1.60 bits per heavy atom. The monoisotopic (exact) mass is 394 g/mol. The number of carbonyl (C=O) groups is 1. The molecule has 0 atom stereocenters. The van der Waals surface area contributed by atoms with E-state index in [1.54, 1.807) is 12.3 Å². The Balaban J connectivity index is 1.37. The van der Waals surface area contributed by atoms with Gasteiger partial charge >= 0.3 is 0 Å². The van der Waals surface area contributed by atoms with Crippen molar-refractivity contribution in [3.63, 3.8) is 0 Å². The lowest BCUT2D eigenvalue weighted by Crippen LogP contribution is -2.22. The van der Waals surface area contributed by atoms with Crippen LogP contribution in [-0.2, 0) is 6.54 Å². The summed E-state index contributed by atoms with van der Waals surface area (Å²) in [4.78, 5) is 16.7. The number of hydrogen-bond acceptors (Lipinski definition) is 3. The summed E-state index contributed by atoms with van der Waals surface area (Å²) in [5.41, 5.74) is 5.03. The molecule has 4 nitrogen and oxygen atoms in total. The van der Waals surface area contributed by atoms with Crippen molar-refractivity contribution >= 4 is 5.91 Å². The van der Waals surface area contributed by atoms with Gasteiger partial charge in [0.05, 0.1) is 0 Å². The van der Waals surface area contributed by atoms with Crippen molar-refractivity contribution in [3.8, 4) is 22.8 Å². The molecule has 0 spiro atoms. The maximum atomic E-state index is 12.5. The van der Waals surface area contributed by atoms with Gasteiger partial charge in [-0.1, -0.05) is 60.2 Å². The third-order valence-electron chi connectivity index (χ3n) is 4.74. The maximum absolute atomic E-state index is 12.5. The van der Waals surface area contributed by atoms with Gasteiger partial charge in [-0.15, -0.1) is 0 Å². The molecule has 4 aromatic rings. The van der Waals surface area contributed by atoms with Crippen LogP contribution < -0.4 is 10.1 Å². The molecule has 0 aliphatic heterocycles. The van der Waals surface area contributed by atoms with Crippen molar-refractivity contribution in [2.75, 3.05) is 0 Å². The minimum atomic E-state index is -0.110. The molecule has 0 fully saturated rings. The molecule has 0 unspecified atom stereocenters. The van der Waals surface area contributed by atoms with E-state index in [-0.39, 0.29) is 5.91 Å². The number of benzene rings is 3. The van der Waals surface area contributed by atoms with E-state index in [4.69, 9.17) is 4.74 Å². The lowest BCUT2D eigenvalue weighted by atomic mass is 10.0. The molecule has 1 aromatic heterocycles. The molecule has 4 rings (SSSR count). The minimum Gasteiger partial charge on any atom is -0.439 e. The fourth-order valence-corrected chi connectivity index (χ4v) is 3.09. The molecule has 0 saturated carbocycles. The Kier molecular flexibility index (Phi) is 5.85. The zero-order chi connectivity index (χ0) is 20.8. The molecule has 0 saturated heterocycles. The Morgan fingerprint density at radius 3 is 2.30 bits per heavy atom. The van der Waals surface area contributed by atoms with Gasteiger partial charge < -0.3 is 10.1 Å². The fourth-order valence-electron chi connectivity index (χ4n) is 3.09. The van der Waals surface area contributed by atoms with Gasteiger partial charge in [-0.25, -0.2) is 4.98 Å². The van der Waals surface area contributed by atoms with E-state index >= 15 is 0 Å². The third-order valence-corrected chi connectivity index (χ3v) is 4.74. The second-order valence-corrected chi connectivity index (χ2v) is 7.04. The van der Waals surface area contributed by atoms with Crippen LogP contribution in [0.3, 0.4) is 0 Å². The van der Waals surface area contributed by atoms with E-state index < -0.39 is 0 Å². The van der Waals surface area contributed by atoms with Crippen molar-refractivity contribution in [1.29, 1.82) is 0 Å². The molecule has 1 heterocycles. The maximum Gasteiger partial charge on any atom is 0.251 e. The zero-order valence-corrected chi connectivity index (χ0v) is 16.7. The van der Waals surface area contributed by atoms with Gasteiger partial charge in [0.25, 0.3) is 5.91 Å². The second kappa shape index (κ2) is 9.05. The highest BCUT2D eigenvalue weighted by atomic mass is 16.5. The molecule has 30 heavy (non-hydrogen) atoms. The predicted octanol–water partition coefficient (Wildman–Crippen LogP) is 5.78. The number of nitrogens with zero attached hydrogens (tertiary/aromatic N) is 1. The van der Waals surface area contributed by atoms with Crippen molar-refractivity contribution in [1.82, 2.24) is 10.3 Å². The number of rotatable bonds is 6. The first kappa shape index (κ1) is 19.4. The van der Waals surface area contributed by atoms with Gasteiger partial charge in [0, 0.05) is 24.4 Å². The summed E-state index contributed by atoms with van der Waals surface area (Å²) in [5, 5.41) is 2.96. The Morgan fingerprint density at radius 1 is 0.867 bits per heavy atom. The summed E-state index contributed by atoms with van der Waals surface area (Å²) >= 11 is 0. The fraction of sp³-hybridized carbons (Fsp3) is 0.0769. The largest absolute Gasteiger partial charge is 0.439 e. The number of hydrogen-bond donors (Lipinski definition) is 1. The van der Waals surface area contributed by atoms with Crippen LogP contribution in [0, 0.1) is 6.92 Å². The molecule has 0 bridgehead atoms. The first-order valence-electron chi connectivity index (χ1n) is 9.80. The Labute approximate surface area is 176 Å². The molecule has 1 N–H and O–H groups in total. The third kappa shape index (κ3) is 4.92. The molecular weight excluding hydrogens is 372 g/mol.